The Hall–Kier alpha value is -1.27. The maximum absolute atomic E-state index is 13.1. The smallest absolute Gasteiger partial charge is 0.125 e. The molecule has 2 aromatic rings. The molecule has 2 rings (SSSR count). The Kier molecular flexibility index (Phi) is 3.02. The van der Waals surface area contributed by atoms with E-state index in [2.05, 4.69) is 26.2 Å². The molecule has 0 spiro atoms. The van der Waals surface area contributed by atoms with Crippen LogP contribution in [0.25, 0.3) is 5.69 Å². The van der Waals surface area contributed by atoms with Gasteiger partial charge in [-0.05, 0) is 35.0 Å². The fourth-order valence-electron chi connectivity index (χ4n) is 1.26. The third-order valence-electron chi connectivity index (χ3n) is 2.13. The molecular weight excluding hydrogens is 275 g/mol. The van der Waals surface area contributed by atoms with E-state index in [9.17, 15) is 4.39 Å². The first-order valence-corrected chi connectivity index (χ1v) is 5.50. The van der Waals surface area contributed by atoms with Gasteiger partial charge in [0, 0.05) is 16.6 Å². The molecule has 84 valence electrons. The number of benzene rings is 1. The van der Waals surface area contributed by atoms with Gasteiger partial charge in [0.1, 0.15) is 5.82 Å². The lowest BCUT2D eigenvalue weighted by molar-refractivity contribution is 0.624. The van der Waals surface area contributed by atoms with Gasteiger partial charge >= 0.3 is 0 Å². The zero-order chi connectivity index (χ0) is 11.7. The first-order valence-electron chi connectivity index (χ1n) is 4.71. The maximum Gasteiger partial charge on any atom is 0.125 e. The molecule has 1 aromatic heterocycles. The maximum atomic E-state index is 13.1. The van der Waals surface area contributed by atoms with E-state index in [4.69, 9.17) is 5.73 Å². The minimum atomic E-state index is -0.323. The molecule has 0 aliphatic rings. The van der Waals surface area contributed by atoms with Crippen LogP contribution in [0.5, 0.6) is 0 Å². The largest absolute Gasteiger partial charge is 0.323 e. The Bertz CT molecular complexity index is 509. The number of rotatable bonds is 2. The zero-order valence-electron chi connectivity index (χ0n) is 8.56. The molecule has 0 aliphatic carbocycles. The van der Waals surface area contributed by atoms with Gasteiger partial charge in [0.2, 0.25) is 0 Å². The van der Waals surface area contributed by atoms with Gasteiger partial charge in [0.15, 0.2) is 0 Å². The van der Waals surface area contributed by atoms with Crippen LogP contribution in [0.3, 0.4) is 0 Å². The molecule has 1 atom stereocenters. The molecule has 0 saturated carbocycles. The fourth-order valence-corrected chi connectivity index (χ4v) is 1.69. The van der Waals surface area contributed by atoms with Gasteiger partial charge in [-0.25, -0.2) is 9.07 Å². The molecule has 0 radical (unpaired) electrons. The van der Waals surface area contributed by atoms with Crippen molar-refractivity contribution in [3.8, 4) is 5.69 Å². The minimum Gasteiger partial charge on any atom is -0.323 e. The van der Waals surface area contributed by atoms with E-state index < -0.39 is 0 Å². The summed E-state index contributed by atoms with van der Waals surface area (Å²) in [7, 11) is 0. The van der Waals surface area contributed by atoms with Gasteiger partial charge in [-0.15, -0.1) is 5.10 Å². The van der Waals surface area contributed by atoms with Crippen molar-refractivity contribution in [2.75, 3.05) is 0 Å². The number of aromatic nitrogens is 3. The SMILES string of the molecule is CC(N)c1cn(-c2cc(F)ccc2Br)nn1. The summed E-state index contributed by atoms with van der Waals surface area (Å²) in [5.41, 5.74) is 6.93. The predicted octanol–water partition coefficient (Wildman–Crippen LogP) is 2.19. The molecule has 0 saturated heterocycles. The van der Waals surface area contributed by atoms with Crippen molar-refractivity contribution in [2.45, 2.75) is 13.0 Å². The lowest BCUT2D eigenvalue weighted by Gasteiger charge is -2.03. The highest BCUT2D eigenvalue weighted by Gasteiger charge is 2.09. The van der Waals surface area contributed by atoms with Crippen LogP contribution in [-0.4, -0.2) is 15.0 Å². The molecule has 0 amide bonds. The van der Waals surface area contributed by atoms with E-state index in [1.165, 1.54) is 16.8 Å². The molecule has 0 bridgehead atoms. The fraction of sp³-hybridized carbons (Fsp3) is 0.200. The van der Waals surface area contributed by atoms with E-state index in [1.807, 2.05) is 6.92 Å². The molecule has 16 heavy (non-hydrogen) atoms. The Morgan fingerprint density at radius 2 is 2.25 bits per heavy atom. The van der Waals surface area contributed by atoms with Crippen LogP contribution in [0.1, 0.15) is 18.7 Å². The van der Waals surface area contributed by atoms with Crippen molar-refractivity contribution in [1.29, 1.82) is 0 Å². The number of nitrogens with zero attached hydrogens (tertiary/aromatic N) is 3. The number of nitrogens with two attached hydrogens (primary N) is 1. The van der Waals surface area contributed by atoms with E-state index in [0.717, 1.165) is 4.47 Å². The van der Waals surface area contributed by atoms with Crippen molar-refractivity contribution >= 4 is 15.9 Å². The van der Waals surface area contributed by atoms with Crippen LogP contribution in [0, 0.1) is 5.82 Å². The summed E-state index contributed by atoms with van der Waals surface area (Å²) in [4.78, 5) is 0. The number of hydrogen-bond acceptors (Lipinski definition) is 3. The topological polar surface area (TPSA) is 56.7 Å². The van der Waals surface area contributed by atoms with Crippen molar-refractivity contribution in [3.05, 3.63) is 40.4 Å². The molecule has 0 aliphatic heterocycles. The summed E-state index contributed by atoms with van der Waals surface area (Å²) in [6.07, 6.45) is 1.68. The molecule has 1 heterocycles. The lowest BCUT2D eigenvalue weighted by atomic mass is 10.3. The molecule has 2 N–H and O–H groups in total. The summed E-state index contributed by atoms with van der Waals surface area (Å²) in [5.74, 6) is -0.323. The predicted molar refractivity (Wildman–Crippen MR) is 61.6 cm³/mol. The Morgan fingerprint density at radius 1 is 1.50 bits per heavy atom. The Labute approximate surface area is 100 Å². The third kappa shape index (κ3) is 2.12. The highest BCUT2D eigenvalue weighted by atomic mass is 79.9. The number of halogens is 2. The molecule has 1 unspecified atom stereocenters. The average Bonchev–Trinajstić information content (AvgIpc) is 2.70. The minimum absolute atomic E-state index is 0.193. The van der Waals surface area contributed by atoms with Crippen molar-refractivity contribution < 1.29 is 4.39 Å². The normalized spacial score (nSPS) is 12.8. The third-order valence-corrected chi connectivity index (χ3v) is 2.80. The molecule has 0 fully saturated rings. The van der Waals surface area contributed by atoms with E-state index in [0.29, 0.717) is 11.4 Å². The van der Waals surface area contributed by atoms with Crippen molar-refractivity contribution in [1.82, 2.24) is 15.0 Å². The van der Waals surface area contributed by atoms with Crippen molar-refractivity contribution in [3.63, 3.8) is 0 Å². The van der Waals surface area contributed by atoms with Crippen LogP contribution in [0.15, 0.2) is 28.9 Å². The Balaban J connectivity index is 2.46. The highest BCUT2D eigenvalue weighted by molar-refractivity contribution is 9.10. The van der Waals surface area contributed by atoms with Gasteiger partial charge in [0.05, 0.1) is 17.6 Å². The average molecular weight is 285 g/mol. The monoisotopic (exact) mass is 284 g/mol. The summed E-state index contributed by atoms with van der Waals surface area (Å²) in [6.45, 7) is 1.81. The first-order chi connectivity index (χ1) is 7.58. The van der Waals surface area contributed by atoms with Gasteiger partial charge in [-0.2, -0.15) is 0 Å². The van der Waals surface area contributed by atoms with E-state index in [-0.39, 0.29) is 11.9 Å². The van der Waals surface area contributed by atoms with Crippen LogP contribution in [0.2, 0.25) is 0 Å². The second-order valence-electron chi connectivity index (χ2n) is 3.47. The highest BCUT2D eigenvalue weighted by Crippen LogP contribution is 2.21. The van der Waals surface area contributed by atoms with Gasteiger partial charge < -0.3 is 5.73 Å². The second-order valence-corrected chi connectivity index (χ2v) is 4.33. The lowest BCUT2D eigenvalue weighted by Crippen LogP contribution is -2.04. The van der Waals surface area contributed by atoms with Crippen molar-refractivity contribution in [2.24, 2.45) is 5.73 Å². The van der Waals surface area contributed by atoms with Crippen LogP contribution >= 0.6 is 15.9 Å². The summed E-state index contributed by atoms with van der Waals surface area (Å²) in [5, 5.41) is 7.81. The molecular formula is C10H10BrFN4. The summed E-state index contributed by atoms with van der Waals surface area (Å²) >= 11 is 3.33. The van der Waals surface area contributed by atoms with Crippen LogP contribution in [-0.2, 0) is 0 Å². The molecule has 4 nitrogen and oxygen atoms in total. The Morgan fingerprint density at radius 3 is 2.88 bits per heavy atom. The standard InChI is InChI=1S/C10H10BrFN4/c1-6(13)9-5-16(15-14-9)10-4-7(12)2-3-8(10)11/h2-6H,13H2,1H3. The quantitative estimate of drug-likeness (QED) is 0.920. The number of hydrogen-bond donors (Lipinski definition) is 1. The first kappa shape index (κ1) is 11.2. The molecule has 6 heteroatoms. The van der Waals surface area contributed by atoms with E-state index >= 15 is 0 Å². The van der Waals surface area contributed by atoms with E-state index in [1.54, 1.807) is 12.3 Å². The van der Waals surface area contributed by atoms with Crippen LogP contribution < -0.4 is 5.73 Å². The van der Waals surface area contributed by atoms with Gasteiger partial charge in [-0.1, -0.05) is 5.21 Å². The zero-order valence-corrected chi connectivity index (χ0v) is 10.1. The summed E-state index contributed by atoms with van der Waals surface area (Å²) in [6, 6.07) is 4.18. The molecule has 1 aromatic carbocycles. The van der Waals surface area contributed by atoms with Crippen LogP contribution in [0.4, 0.5) is 4.39 Å². The van der Waals surface area contributed by atoms with Gasteiger partial charge in [0.25, 0.3) is 0 Å². The summed E-state index contributed by atoms with van der Waals surface area (Å²) < 4.78 is 15.3. The second kappa shape index (κ2) is 4.31. The van der Waals surface area contributed by atoms with Gasteiger partial charge in [-0.3, -0.25) is 0 Å².